The molecule has 2 rings (SSSR count). The number of hydrogen-bond acceptors (Lipinski definition) is 2. The standard InChI is InChI=1S/C17H15FN2O/c1-4-13-6-5-7-16(8-13)20(12(2)3)17(21)14-9-15(18)11-19-10-14/h1,5-12H,2-3H3. The number of nitrogens with zero attached hydrogens (tertiary/aromatic N) is 2. The van der Waals surface area contributed by atoms with E-state index in [2.05, 4.69) is 10.9 Å². The third-order valence-electron chi connectivity index (χ3n) is 2.98. The molecule has 2 aromatic rings. The van der Waals surface area contributed by atoms with Crippen LogP contribution in [0, 0.1) is 18.2 Å². The molecule has 0 unspecified atom stereocenters. The minimum absolute atomic E-state index is 0.103. The smallest absolute Gasteiger partial charge is 0.260 e. The summed E-state index contributed by atoms with van der Waals surface area (Å²) < 4.78 is 13.3. The number of pyridine rings is 1. The van der Waals surface area contributed by atoms with Gasteiger partial charge in [-0.15, -0.1) is 6.42 Å². The van der Waals surface area contributed by atoms with Crippen molar-refractivity contribution in [3.8, 4) is 12.3 Å². The van der Waals surface area contributed by atoms with Gasteiger partial charge in [-0.3, -0.25) is 9.78 Å². The van der Waals surface area contributed by atoms with E-state index in [1.54, 1.807) is 29.2 Å². The third kappa shape index (κ3) is 3.26. The summed E-state index contributed by atoms with van der Waals surface area (Å²) in [6.45, 7) is 3.76. The van der Waals surface area contributed by atoms with Gasteiger partial charge in [0.1, 0.15) is 5.82 Å². The van der Waals surface area contributed by atoms with Gasteiger partial charge >= 0.3 is 0 Å². The maximum Gasteiger partial charge on any atom is 0.260 e. The van der Waals surface area contributed by atoms with Crippen molar-refractivity contribution < 1.29 is 9.18 Å². The quantitative estimate of drug-likeness (QED) is 0.810. The van der Waals surface area contributed by atoms with Crippen LogP contribution < -0.4 is 4.90 Å². The Morgan fingerprint density at radius 3 is 2.71 bits per heavy atom. The van der Waals surface area contributed by atoms with Crippen molar-refractivity contribution in [2.24, 2.45) is 0 Å². The second-order valence-electron chi connectivity index (χ2n) is 4.86. The lowest BCUT2D eigenvalue weighted by atomic mass is 10.1. The molecule has 3 nitrogen and oxygen atoms in total. The van der Waals surface area contributed by atoms with E-state index in [-0.39, 0.29) is 17.5 Å². The zero-order valence-corrected chi connectivity index (χ0v) is 11.9. The first-order valence-corrected chi connectivity index (χ1v) is 6.53. The summed E-state index contributed by atoms with van der Waals surface area (Å²) >= 11 is 0. The highest BCUT2D eigenvalue weighted by atomic mass is 19.1. The maximum absolute atomic E-state index is 13.3. The fraction of sp³-hybridized carbons (Fsp3) is 0.176. The van der Waals surface area contributed by atoms with Gasteiger partial charge in [0, 0.05) is 23.5 Å². The third-order valence-corrected chi connectivity index (χ3v) is 2.98. The summed E-state index contributed by atoms with van der Waals surface area (Å²) in [7, 11) is 0. The van der Waals surface area contributed by atoms with E-state index in [4.69, 9.17) is 6.42 Å². The average molecular weight is 282 g/mol. The second kappa shape index (κ2) is 6.19. The van der Waals surface area contributed by atoms with Gasteiger partial charge in [0.05, 0.1) is 11.8 Å². The highest BCUT2D eigenvalue weighted by Gasteiger charge is 2.21. The summed E-state index contributed by atoms with van der Waals surface area (Å²) in [6, 6.07) is 8.20. The number of amides is 1. The van der Waals surface area contributed by atoms with Crippen molar-refractivity contribution in [2.45, 2.75) is 19.9 Å². The Bertz CT molecular complexity index is 704. The van der Waals surface area contributed by atoms with Crippen LogP contribution in [0.2, 0.25) is 0 Å². The first kappa shape index (κ1) is 14.7. The van der Waals surface area contributed by atoms with Crippen LogP contribution in [0.5, 0.6) is 0 Å². The number of halogens is 1. The Morgan fingerprint density at radius 1 is 1.33 bits per heavy atom. The van der Waals surface area contributed by atoms with E-state index in [1.807, 2.05) is 13.8 Å². The molecule has 0 aliphatic carbocycles. The number of anilines is 1. The molecule has 0 N–H and O–H groups in total. The second-order valence-corrected chi connectivity index (χ2v) is 4.86. The summed E-state index contributed by atoms with van der Waals surface area (Å²) in [6.07, 6.45) is 7.81. The zero-order chi connectivity index (χ0) is 15.4. The predicted octanol–water partition coefficient (Wildman–Crippen LogP) is 3.26. The fourth-order valence-electron chi connectivity index (χ4n) is 2.06. The summed E-state index contributed by atoms with van der Waals surface area (Å²) in [4.78, 5) is 17.9. The Morgan fingerprint density at radius 2 is 2.10 bits per heavy atom. The first-order valence-electron chi connectivity index (χ1n) is 6.53. The number of benzene rings is 1. The van der Waals surface area contributed by atoms with Crippen molar-refractivity contribution in [3.63, 3.8) is 0 Å². The van der Waals surface area contributed by atoms with Crippen LogP contribution in [0.15, 0.2) is 42.7 Å². The Balaban J connectivity index is 2.44. The normalized spacial score (nSPS) is 10.2. The lowest BCUT2D eigenvalue weighted by molar-refractivity contribution is 0.0979. The van der Waals surface area contributed by atoms with Crippen molar-refractivity contribution in [3.05, 3.63) is 59.7 Å². The molecule has 21 heavy (non-hydrogen) atoms. The van der Waals surface area contributed by atoms with Crippen molar-refractivity contribution >= 4 is 11.6 Å². The molecular weight excluding hydrogens is 267 g/mol. The van der Waals surface area contributed by atoms with E-state index in [0.29, 0.717) is 11.3 Å². The summed E-state index contributed by atoms with van der Waals surface area (Å²) in [5.74, 6) is 1.69. The molecule has 106 valence electrons. The van der Waals surface area contributed by atoms with E-state index >= 15 is 0 Å². The first-order chi connectivity index (χ1) is 10.0. The molecule has 0 aliphatic heterocycles. The highest BCUT2D eigenvalue weighted by Crippen LogP contribution is 2.21. The molecule has 0 saturated heterocycles. The van der Waals surface area contributed by atoms with Gasteiger partial charge in [-0.1, -0.05) is 12.0 Å². The SMILES string of the molecule is C#Cc1cccc(N(C(=O)c2cncc(F)c2)C(C)C)c1. The Labute approximate surface area is 123 Å². The van der Waals surface area contributed by atoms with E-state index < -0.39 is 5.82 Å². The van der Waals surface area contributed by atoms with E-state index in [9.17, 15) is 9.18 Å². The van der Waals surface area contributed by atoms with Crippen molar-refractivity contribution in [1.82, 2.24) is 4.98 Å². The number of carbonyl (C=O) groups excluding carboxylic acids is 1. The molecular formula is C17H15FN2O. The minimum atomic E-state index is -0.540. The van der Waals surface area contributed by atoms with Crippen LogP contribution in [0.1, 0.15) is 29.8 Å². The molecule has 0 spiro atoms. The van der Waals surface area contributed by atoms with Crippen LogP contribution in [0.4, 0.5) is 10.1 Å². The molecule has 0 atom stereocenters. The lowest BCUT2D eigenvalue weighted by Crippen LogP contribution is -2.37. The Hall–Kier alpha value is -2.67. The van der Waals surface area contributed by atoms with Gasteiger partial charge in [-0.05, 0) is 38.1 Å². The molecule has 1 aromatic heterocycles. The molecule has 0 aliphatic rings. The summed E-state index contributed by atoms with van der Waals surface area (Å²) in [5, 5.41) is 0. The van der Waals surface area contributed by atoms with Crippen LogP contribution in [0.3, 0.4) is 0 Å². The van der Waals surface area contributed by atoms with Gasteiger partial charge < -0.3 is 4.90 Å². The van der Waals surface area contributed by atoms with Gasteiger partial charge in [0.15, 0.2) is 0 Å². The minimum Gasteiger partial charge on any atom is -0.306 e. The number of rotatable bonds is 3. The molecule has 1 heterocycles. The largest absolute Gasteiger partial charge is 0.306 e. The lowest BCUT2D eigenvalue weighted by Gasteiger charge is -2.27. The number of aromatic nitrogens is 1. The van der Waals surface area contributed by atoms with E-state index in [0.717, 1.165) is 6.20 Å². The highest BCUT2D eigenvalue weighted by molar-refractivity contribution is 6.06. The monoisotopic (exact) mass is 282 g/mol. The van der Waals surface area contributed by atoms with Crippen molar-refractivity contribution in [1.29, 1.82) is 0 Å². The van der Waals surface area contributed by atoms with Crippen LogP contribution in [-0.2, 0) is 0 Å². The topological polar surface area (TPSA) is 33.2 Å². The number of carbonyl (C=O) groups is 1. The average Bonchev–Trinajstić information content (AvgIpc) is 2.47. The number of hydrogen-bond donors (Lipinski definition) is 0. The molecule has 4 heteroatoms. The molecule has 0 fully saturated rings. The van der Waals surface area contributed by atoms with Crippen molar-refractivity contribution in [2.75, 3.05) is 4.90 Å². The fourth-order valence-corrected chi connectivity index (χ4v) is 2.06. The van der Waals surface area contributed by atoms with Crippen LogP contribution >= 0.6 is 0 Å². The summed E-state index contributed by atoms with van der Waals surface area (Å²) in [5.41, 5.74) is 1.56. The number of terminal acetylenes is 1. The van der Waals surface area contributed by atoms with Crippen LogP contribution in [0.25, 0.3) is 0 Å². The molecule has 0 bridgehead atoms. The molecule has 1 aromatic carbocycles. The van der Waals surface area contributed by atoms with Gasteiger partial charge in [-0.2, -0.15) is 0 Å². The zero-order valence-electron chi connectivity index (χ0n) is 11.9. The molecule has 1 amide bonds. The maximum atomic E-state index is 13.3. The van der Waals surface area contributed by atoms with E-state index in [1.165, 1.54) is 12.3 Å². The van der Waals surface area contributed by atoms with Gasteiger partial charge in [0.25, 0.3) is 5.91 Å². The molecule has 0 radical (unpaired) electrons. The van der Waals surface area contributed by atoms with Gasteiger partial charge in [0.2, 0.25) is 0 Å². The van der Waals surface area contributed by atoms with Gasteiger partial charge in [-0.25, -0.2) is 4.39 Å². The molecule has 0 saturated carbocycles. The predicted molar refractivity (Wildman–Crippen MR) is 80.5 cm³/mol. The Kier molecular flexibility index (Phi) is 4.34. The van der Waals surface area contributed by atoms with Crippen LogP contribution in [-0.4, -0.2) is 16.9 Å².